The van der Waals surface area contributed by atoms with Gasteiger partial charge in [-0.3, -0.25) is 4.79 Å². The van der Waals surface area contributed by atoms with E-state index in [1.165, 1.54) is 25.7 Å². The monoisotopic (exact) mass is 300 g/mol. The van der Waals surface area contributed by atoms with E-state index in [9.17, 15) is 4.79 Å². The van der Waals surface area contributed by atoms with Gasteiger partial charge in [-0.15, -0.1) is 0 Å². The highest BCUT2D eigenvalue weighted by molar-refractivity contribution is 6.01. The van der Waals surface area contributed by atoms with Gasteiger partial charge in [-0.2, -0.15) is 0 Å². The molecule has 2 heteroatoms. The summed E-state index contributed by atoms with van der Waals surface area (Å²) in [4.78, 5) is 12.7. The number of allylic oxidation sites excluding steroid dienone is 1. The highest BCUT2D eigenvalue weighted by atomic mass is 16.5. The molecular formula is C20H28O2. The minimum absolute atomic E-state index is 0.242. The maximum absolute atomic E-state index is 12.7. The number of unbranched alkanes of at least 4 members (excludes halogenated alkanes) is 3. The van der Waals surface area contributed by atoms with Crippen molar-refractivity contribution in [1.29, 1.82) is 0 Å². The Bertz CT molecular complexity index is 516. The predicted molar refractivity (Wildman–Crippen MR) is 92.1 cm³/mol. The van der Waals surface area contributed by atoms with Crippen LogP contribution in [-0.2, 0) is 4.79 Å². The number of carbonyl (C=O) groups is 1. The molecular weight excluding hydrogens is 272 g/mol. The molecule has 1 aliphatic rings. The van der Waals surface area contributed by atoms with Crippen molar-refractivity contribution in [2.24, 2.45) is 5.92 Å². The normalized spacial score (nSPS) is 20.4. The average molecular weight is 300 g/mol. The number of rotatable bonds is 7. The SMILES string of the molecule is CCCCCCC1CCC/C(=C\c2ccccc2OC)C1=O. The molecule has 0 spiro atoms. The second-order valence-electron chi connectivity index (χ2n) is 6.21. The fraction of sp³-hybridized carbons (Fsp3) is 0.550. The van der Waals surface area contributed by atoms with Crippen molar-refractivity contribution in [3.63, 3.8) is 0 Å². The summed E-state index contributed by atoms with van der Waals surface area (Å²) in [5.41, 5.74) is 2.00. The Morgan fingerprint density at radius 2 is 2.05 bits per heavy atom. The van der Waals surface area contributed by atoms with E-state index in [1.54, 1.807) is 7.11 Å². The molecule has 2 rings (SSSR count). The molecule has 0 saturated heterocycles. The van der Waals surface area contributed by atoms with Crippen LogP contribution in [0.25, 0.3) is 6.08 Å². The van der Waals surface area contributed by atoms with Crippen LogP contribution in [0.5, 0.6) is 5.75 Å². The summed E-state index contributed by atoms with van der Waals surface area (Å²) < 4.78 is 5.38. The van der Waals surface area contributed by atoms with Crippen molar-refractivity contribution in [1.82, 2.24) is 0 Å². The highest BCUT2D eigenvalue weighted by Gasteiger charge is 2.26. The van der Waals surface area contributed by atoms with E-state index in [4.69, 9.17) is 4.74 Å². The number of ether oxygens (including phenoxy) is 1. The highest BCUT2D eigenvalue weighted by Crippen LogP contribution is 2.31. The minimum Gasteiger partial charge on any atom is -0.496 e. The van der Waals surface area contributed by atoms with Crippen LogP contribution in [-0.4, -0.2) is 12.9 Å². The summed E-state index contributed by atoms with van der Waals surface area (Å²) in [5, 5.41) is 0. The van der Waals surface area contributed by atoms with Crippen molar-refractivity contribution < 1.29 is 9.53 Å². The van der Waals surface area contributed by atoms with Gasteiger partial charge in [0.2, 0.25) is 0 Å². The molecule has 1 fully saturated rings. The maximum Gasteiger partial charge on any atom is 0.161 e. The summed E-state index contributed by atoms with van der Waals surface area (Å²) >= 11 is 0. The average Bonchev–Trinajstić information content (AvgIpc) is 2.55. The van der Waals surface area contributed by atoms with E-state index in [1.807, 2.05) is 30.3 Å². The van der Waals surface area contributed by atoms with Crippen LogP contribution in [0.3, 0.4) is 0 Å². The van der Waals surface area contributed by atoms with E-state index < -0.39 is 0 Å². The first-order chi connectivity index (χ1) is 10.8. The number of Topliss-reactive ketones (excluding diaryl/α,β-unsaturated/α-hetero) is 1. The van der Waals surface area contributed by atoms with Gasteiger partial charge in [-0.25, -0.2) is 0 Å². The van der Waals surface area contributed by atoms with Gasteiger partial charge in [0.15, 0.2) is 5.78 Å². The first-order valence-corrected chi connectivity index (χ1v) is 8.64. The van der Waals surface area contributed by atoms with E-state index in [2.05, 4.69) is 6.92 Å². The van der Waals surface area contributed by atoms with Crippen molar-refractivity contribution in [3.05, 3.63) is 35.4 Å². The molecule has 1 aliphatic carbocycles. The molecule has 1 atom stereocenters. The zero-order valence-corrected chi connectivity index (χ0v) is 13.9. The molecule has 1 aromatic rings. The van der Waals surface area contributed by atoms with Crippen molar-refractivity contribution >= 4 is 11.9 Å². The van der Waals surface area contributed by atoms with Crippen LogP contribution in [0.1, 0.15) is 63.9 Å². The smallest absolute Gasteiger partial charge is 0.161 e. The summed E-state index contributed by atoms with van der Waals surface area (Å²) in [6.07, 6.45) is 11.2. The Hall–Kier alpha value is -1.57. The first-order valence-electron chi connectivity index (χ1n) is 8.64. The Kier molecular flexibility index (Phi) is 6.70. The molecule has 0 heterocycles. The lowest BCUT2D eigenvalue weighted by Crippen LogP contribution is -2.21. The van der Waals surface area contributed by atoms with Gasteiger partial charge in [0, 0.05) is 11.5 Å². The maximum atomic E-state index is 12.7. The Morgan fingerprint density at radius 3 is 2.82 bits per heavy atom. The van der Waals surface area contributed by atoms with Gasteiger partial charge >= 0.3 is 0 Å². The standard InChI is InChI=1S/C20H28O2/c1-3-4-5-6-10-16-12-9-13-18(20(16)21)15-17-11-7-8-14-19(17)22-2/h7-8,11,14-16H,3-6,9-10,12-13H2,1-2H3/b18-15+. The third-order valence-electron chi connectivity index (χ3n) is 4.56. The van der Waals surface area contributed by atoms with Crippen LogP contribution in [0.4, 0.5) is 0 Å². The molecule has 0 bridgehead atoms. The summed E-state index contributed by atoms with van der Waals surface area (Å²) in [7, 11) is 1.68. The molecule has 120 valence electrons. The lowest BCUT2D eigenvalue weighted by atomic mass is 9.80. The van der Waals surface area contributed by atoms with E-state index in [-0.39, 0.29) is 5.92 Å². The number of methoxy groups -OCH3 is 1. The summed E-state index contributed by atoms with van der Waals surface area (Å²) in [5.74, 6) is 1.45. The summed E-state index contributed by atoms with van der Waals surface area (Å²) in [6.45, 7) is 2.22. The second-order valence-corrected chi connectivity index (χ2v) is 6.21. The van der Waals surface area contributed by atoms with E-state index >= 15 is 0 Å². The van der Waals surface area contributed by atoms with Gasteiger partial charge in [-0.1, -0.05) is 50.8 Å². The number of benzene rings is 1. The molecule has 0 N–H and O–H groups in total. The van der Waals surface area contributed by atoms with Crippen LogP contribution in [0, 0.1) is 5.92 Å². The van der Waals surface area contributed by atoms with Crippen LogP contribution in [0.2, 0.25) is 0 Å². The van der Waals surface area contributed by atoms with Gasteiger partial charge in [0.05, 0.1) is 7.11 Å². The molecule has 0 amide bonds. The Labute approximate surface area is 134 Å². The zero-order valence-electron chi connectivity index (χ0n) is 13.9. The van der Waals surface area contributed by atoms with Crippen LogP contribution < -0.4 is 4.74 Å². The fourth-order valence-electron chi connectivity index (χ4n) is 3.27. The van der Waals surface area contributed by atoms with Crippen LogP contribution >= 0.6 is 0 Å². The fourth-order valence-corrected chi connectivity index (χ4v) is 3.27. The Balaban J connectivity index is 2.04. The quantitative estimate of drug-likeness (QED) is 0.496. The summed E-state index contributed by atoms with van der Waals surface area (Å²) in [6, 6.07) is 7.91. The molecule has 1 unspecified atom stereocenters. The molecule has 1 saturated carbocycles. The van der Waals surface area contributed by atoms with Gasteiger partial charge in [0.25, 0.3) is 0 Å². The molecule has 0 aliphatic heterocycles. The van der Waals surface area contributed by atoms with E-state index in [0.717, 1.165) is 42.6 Å². The first kappa shape index (κ1) is 16.8. The van der Waals surface area contributed by atoms with Crippen molar-refractivity contribution in [2.75, 3.05) is 7.11 Å². The third kappa shape index (κ3) is 4.46. The molecule has 2 nitrogen and oxygen atoms in total. The van der Waals surface area contributed by atoms with Gasteiger partial charge in [0.1, 0.15) is 5.75 Å². The number of hydrogen-bond acceptors (Lipinski definition) is 2. The van der Waals surface area contributed by atoms with Gasteiger partial charge < -0.3 is 4.74 Å². The lowest BCUT2D eigenvalue weighted by molar-refractivity contribution is -0.120. The molecule has 0 radical (unpaired) electrons. The van der Waals surface area contributed by atoms with Crippen LogP contribution in [0.15, 0.2) is 29.8 Å². The number of hydrogen-bond donors (Lipinski definition) is 0. The molecule has 22 heavy (non-hydrogen) atoms. The molecule has 1 aromatic carbocycles. The number of para-hydroxylation sites is 1. The largest absolute Gasteiger partial charge is 0.496 e. The second kappa shape index (κ2) is 8.77. The van der Waals surface area contributed by atoms with Crippen molar-refractivity contribution in [2.45, 2.75) is 58.3 Å². The zero-order chi connectivity index (χ0) is 15.8. The van der Waals surface area contributed by atoms with Crippen molar-refractivity contribution in [3.8, 4) is 5.75 Å². The van der Waals surface area contributed by atoms with Gasteiger partial charge in [-0.05, 0) is 43.4 Å². The molecule has 0 aromatic heterocycles. The van der Waals surface area contributed by atoms with E-state index in [0.29, 0.717) is 5.78 Å². The number of ketones is 1. The topological polar surface area (TPSA) is 26.3 Å². The number of carbonyl (C=O) groups excluding carboxylic acids is 1. The lowest BCUT2D eigenvalue weighted by Gasteiger charge is -2.23. The minimum atomic E-state index is 0.242. The third-order valence-corrected chi connectivity index (χ3v) is 4.56. The Morgan fingerprint density at radius 1 is 1.23 bits per heavy atom. The predicted octanol–water partition coefficient (Wildman–Crippen LogP) is 5.42.